The van der Waals surface area contributed by atoms with Crippen LogP contribution in [0.1, 0.15) is 76.8 Å². The molecule has 3 fully saturated rings. The van der Waals surface area contributed by atoms with Crippen molar-refractivity contribution in [2.24, 2.45) is 16.3 Å². The van der Waals surface area contributed by atoms with E-state index in [9.17, 15) is 9.90 Å². The van der Waals surface area contributed by atoms with Crippen LogP contribution < -0.4 is 10.5 Å². The van der Waals surface area contributed by atoms with E-state index in [0.29, 0.717) is 17.4 Å². The molecule has 3 saturated carbocycles. The Kier molecular flexibility index (Phi) is 4.99. The van der Waals surface area contributed by atoms with E-state index in [2.05, 4.69) is 34.2 Å². The van der Waals surface area contributed by atoms with Gasteiger partial charge in [-0.05, 0) is 68.8 Å². The SMILES string of the molecule is CC(C(=O)O)C12CCCC(c3ccc(C4=Nc5c(N)ncnc5OC4(C)C)cc3)(CC1)CC2. The molecular formula is C26H32N4O3. The first-order chi connectivity index (χ1) is 15.7. The third-order valence-corrected chi connectivity index (χ3v) is 8.56. The van der Waals surface area contributed by atoms with E-state index in [1.807, 2.05) is 20.8 Å². The van der Waals surface area contributed by atoms with Gasteiger partial charge in [0.15, 0.2) is 11.5 Å². The molecule has 0 spiro atoms. The molecule has 1 aromatic heterocycles. The van der Waals surface area contributed by atoms with E-state index >= 15 is 0 Å². The number of nitrogens with two attached hydrogens (primary N) is 1. The molecule has 3 aliphatic carbocycles. The van der Waals surface area contributed by atoms with E-state index in [4.69, 9.17) is 15.5 Å². The lowest BCUT2D eigenvalue weighted by molar-refractivity contribution is -0.147. The van der Waals surface area contributed by atoms with Gasteiger partial charge in [0.1, 0.15) is 11.9 Å². The zero-order chi connectivity index (χ0) is 23.4. The minimum Gasteiger partial charge on any atom is -0.481 e. The predicted octanol–water partition coefficient (Wildman–Crippen LogP) is 5.05. The summed E-state index contributed by atoms with van der Waals surface area (Å²) < 4.78 is 6.12. The number of rotatable bonds is 4. The number of hydrogen-bond acceptors (Lipinski definition) is 6. The van der Waals surface area contributed by atoms with Crippen molar-refractivity contribution in [2.75, 3.05) is 5.73 Å². The molecule has 6 rings (SSSR count). The minimum absolute atomic E-state index is 0.0423. The van der Waals surface area contributed by atoms with Crippen LogP contribution in [-0.2, 0) is 10.2 Å². The normalized spacial score (nSPS) is 28.8. The number of aliphatic carboxylic acids is 1. The van der Waals surface area contributed by atoms with Gasteiger partial charge in [-0.25, -0.2) is 9.98 Å². The number of carbonyl (C=O) groups is 1. The summed E-state index contributed by atoms with van der Waals surface area (Å²) >= 11 is 0. The number of nitrogen functional groups attached to an aromatic ring is 1. The Labute approximate surface area is 194 Å². The van der Waals surface area contributed by atoms with Gasteiger partial charge in [-0.1, -0.05) is 37.6 Å². The van der Waals surface area contributed by atoms with E-state index in [1.165, 1.54) is 11.9 Å². The number of carboxylic acids is 1. The largest absolute Gasteiger partial charge is 0.481 e. The van der Waals surface area contributed by atoms with E-state index in [1.54, 1.807) is 0 Å². The van der Waals surface area contributed by atoms with Crippen LogP contribution in [0.4, 0.5) is 11.5 Å². The molecule has 2 aromatic rings. The van der Waals surface area contributed by atoms with Crippen LogP contribution in [0.5, 0.6) is 5.88 Å². The van der Waals surface area contributed by atoms with Gasteiger partial charge in [-0.3, -0.25) is 4.79 Å². The van der Waals surface area contributed by atoms with Crippen LogP contribution in [0.15, 0.2) is 35.6 Å². The van der Waals surface area contributed by atoms with Crippen LogP contribution in [0.3, 0.4) is 0 Å². The molecule has 1 aromatic carbocycles. The maximum atomic E-state index is 11.7. The second-order valence-electron chi connectivity index (χ2n) is 10.6. The predicted molar refractivity (Wildman–Crippen MR) is 127 cm³/mol. The fraction of sp³-hybridized carbons (Fsp3) is 0.538. The first-order valence-corrected chi connectivity index (χ1v) is 11.9. The number of ether oxygens (including phenoxy) is 1. The number of carboxylic acid groups (broad SMARTS) is 1. The molecule has 1 aliphatic heterocycles. The number of benzene rings is 1. The van der Waals surface area contributed by atoms with Gasteiger partial charge >= 0.3 is 5.97 Å². The van der Waals surface area contributed by atoms with Crippen molar-refractivity contribution in [3.05, 3.63) is 41.7 Å². The van der Waals surface area contributed by atoms with Crippen molar-refractivity contribution in [2.45, 2.75) is 76.7 Å². The summed E-state index contributed by atoms with van der Waals surface area (Å²) in [6.45, 7) is 5.87. The Morgan fingerprint density at radius 2 is 1.76 bits per heavy atom. The molecular weight excluding hydrogens is 416 g/mol. The molecule has 4 aliphatic rings. The van der Waals surface area contributed by atoms with Gasteiger partial charge in [-0.2, -0.15) is 4.98 Å². The Morgan fingerprint density at radius 3 is 2.42 bits per heavy atom. The van der Waals surface area contributed by atoms with Crippen LogP contribution in [-0.4, -0.2) is 32.4 Å². The second-order valence-corrected chi connectivity index (χ2v) is 10.6. The topological polar surface area (TPSA) is 111 Å². The monoisotopic (exact) mass is 448 g/mol. The summed E-state index contributed by atoms with van der Waals surface area (Å²) in [4.78, 5) is 24.8. The Morgan fingerprint density at radius 1 is 1.06 bits per heavy atom. The smallest absolute Gasteiger partial charge is 0.306 e. The van der Waals surface area contributed by atoms with Crippen molar-refractivity contribution in [1.82, 2.24) is 9.97 Å². The number of hydrogen-bond donors (Lipinski definition) is 2. The number of aromatic nitrogens is 2. The minimum atomic E-state index is -0.653. The molecule has 0 radical (unpaired) electrons. The van der Waals surface area contributed by atoms with E-state index in [0.717, 1.165) is 56.2 Å². The lowest BCUT2D eigenvalue weighted by Crippen LogP contribution is -2.41. The van der Waals surface area contributed by atoms with Crippen molar-refractivity contribution in [1.29, 1.82) is 0 Å². The lowest BCUT2D eigenvalue weighted by Gasteiger charge is -2.45. The summed E-state index contributed by atoms with van der Waals surface area (Å²) in [5.41, 5.74) is 9.10. The van der Waals surface area contributed by atoms with Gasteiger partial charge in [0.2, 0.25) is 5.88 Å². The van der Waals surface area contributed by atoms with Gasteiger partial charge in [0.05, 0.1) is 11.6 Å². The summed E-state index contributed by atoms with van der Waals surface area (Å²) in [5, 5.41) is 9.66. The lowest BCUT2D eigenvalue weighted by atomic mass is 9.59. The van der Waals surface area contributed by atoms with E-state index < -0.39 is 11.6 Å². The fourth-order valence-corrected chi connectivity index (χ4v) is 6.34. The van der Waals surface area contributed by atoms with Gasteiger partial charge in [-0.15, -0.1) is 0 Å². The van der Waals surface area contributed by atoms with Crippen molar-refractivity contribution in [3.8, 4) is 5.88 Å². The third-order valence-electron chi connectivity index (χ3n) is 8.56. The quantitative estimate of drug-likeness (QED) is 0.677. The number of nitrogens with zero attached hydrogens (tertiary/aromatic N) is 3. The summed E-state index contributed by atoms with van der Waals surface area (Å²) in [5.74, 6) is -0.212. The maximum Gasteiger partial charge on any atom is 0.306 e. The highest BCUT2D eigenvalue weighted by molar-refractivity contribution is 6.09. The second kappa shape index (κ2) is 7.54. The molecule has 0 saturated heterocycles. The summed E-state index contributed by atoms with van der Waals surface area (Å²) in [6.07, 6.45) is 8.71. The van der Waals surface area contributed by atoms with Crippen molar-refractivity contribution >= 4 is 23.2 Å². The van der Waals surface area contributed by atoms with Gasteiger partial charge in [0, 0.05) is 5.56 Å². The fourth-order valence-electron chi connectivity index (χ4n) is 6.34. The van der Waals surface area contributed by atoms with Crippen LogP contribution >= 0.6 is 0 Å². The average molecular weight is 449 g/mol. The molecule has 7 heteroatoms. The molecule has 1 unspecified atom stereocenters. The molecule has 2 heterocycles. The Balaban J connectivity index is 1.44. The Bertz CT molecular complexity index is 1110. The molecule has 2 bridgehead atoms. The number of anilines is 1. The molecule has 1 atom stereocenters. The standard InChI is InChI=1S/C26H32N4O3/c1-16(23(31)32)25-9-4-10-26(13-11-25,14-12-25)18-7-5-17(6-8-18)20-24(2,3)33-22-19(30-20)21(27)28-15-29-22/h5-8,15-16H,4,9-14H2,1-3H3,(H,31,32)(H2,27,28,29). The molecule has 174 valence electrons. The highest BCUT2D eigenvalue weighted by Crippen LogP contribution is 2.58. The average Bonchev–Trinajstić information content (AvgIpc) is 3.10. The Hall–Kier alpha value is -2.96. The van der Waals surface area contributed by atoms with Crippen molar-refractivity contribution < 1.29 is 14.6 Å². The van der Waals surface area contributed by atoms with Crippen LogP contribution in [0.2, 0.25) is 0 Å². The van der Waals surface area contributed by atoms with Crippen LogP contribution in [0.25, 0.3) is 0 Å². The zero-order valence-electron chi connectivity index (χ0n) is 19.6. The zero-order valence-corrected chi connectivity index (χ0v) is 19.6. The first kappa shape index (κ1) is 21.9. The highest BCUT2D eigenvalue weighted by atomic mass is 16.5. The molecule has 7 nitrogen and oxygen atoms in total. The third kappa shape index (κ3) is 3.49. The van der Waals surface area contributed by atoms with Gasteiger partial charge < -0.3 is 15.6 Å². The molecule has 33 heavy (non-hydrogen) atoms. The summed E-state index contributed by atoms with van der Waals surface area (Å²) in [7, 11) is 0. The maximum absolute atomic E-state index is 11.7. The number of aliphatic imine (C=N–C) groups is 1. The highest BCUT2D eigenvalue weighted by Gasteiger charge is 2.50. The summed E-state index contributed by atoms with van der Waals surface area (Å²) in [6, 6.07) is 8.72. The van der Waals surface area contributed by atoms with E-state index in [-0.39, 0.29) is 16.7 Å². The number of fused-ring (bicyclic) bond motifs is 5. The molecule has 0 amide bonds. The van der Waals surface area contributed by atoms with Gasteiger partial charge in [0.25, 0.3) is 0 Å². The first-order valence-electron chi connectivity index (χ1n) is 11.9. The van der Waals surface area contributed by atoms with Crippen LogP contribution in [0, 0.1) is 11.3 Å². The van der Waals surface area contributed by atoms with Crippen molar-refractivity contribution in [3.63, 3.8) is 0 Å². The molecule has 3 N–H and O–H groups in total.